The van der Waals surface area contributed by atoms with Crippen LogP contribution in [0.25, 0.3) is 22.3 Å². The van der Waals surface area contributed by atoms with Gasteiger partial charge in [-0.15, -0.1) is 0 Å². The fourth-order valence-electron chi connectivity index (χ4n) is 6.35. The second-order valence-electron chi connectivity index (χ2n) is 11.1. The Morgan fingerprint density at radius 1 is 0.977 bits per heavy atom. The third-order valence-corrected chi connectivity index (χ3v) is 8.84. The van der Waals surface area contributed by atoms with Gasteiger partial charge in [0.25, 0.3) is 0 Å². The zero-order chi connectivity index (χ0) is 31.6. The summed E-state index contributed by atoms with van der Waals surface area (Å²) in [5.41, 5.74) is -1.16. The Kier molecular flexibility index (Phi) is 7.39. The summed E-state index contributed by atoms with van der Waals surface area (Å²) in [6.07, 6.45) is -2.80. The zero-order valence-electron chi connectivity index (χ0n) is 23.4. The quantitative estimate of drug-likeness (QED) is 0.151. The number of benzene rings is 3. The number of aromatic nitrogens is 1. The van der Waals surface area contributed by atoms with Crippen molar-refractivity contribution >= 4 is 17.6 Å². The minimum Gasteiger partial charge on any atom is -0.473 e. The van der Waals surface area contributed by atoms with Crippen molar-refractivity contribution in [2.45, 2.75) is 38.5 Å². The van der Waals surface area contributed by atoms with Gasteiger partial charge in [-0.1, -0.05) is 30.7 Å². The standard InChI is InChI=1S/C33H24ClF6NO3/c1-3-43-31(42)30-24-9-17-11-29(41-14-25(17)32(24,30)2)44-15-18-8-22(23(13-26(18)35)33(38,39)40)21-6-4-16(10-27(21)36)20-7-5-19(34)12-28(20)37/h4-8,10-14,24,30H,3,9,15H2,1-2H3. The number of carbonyl (C=O) groups excluding carboxylic acids is 1. The number of esters is 1. The molecule has 228 valence electrons. The van der Waals surface area contributed by atoms with Crippen molar-refractivity contribution in [2.75, 3.05) is 6.61 Å². The number of pyridine rings is 1. The molecule has 1 aromatic heterocycles. The fraction of sp³-hybridized carbons (Fsp3) is 0.273. The van der Waals surface area contributed by atoms with Gasteiger partial charge in [0.05, 0.1) is 18.1 Å². The third-order valence-electron chi connectivity index (χ3n) is 8.60. The highest BCUT2D eigenvalue weighted by Gasteiger charge is 2.70. The number of carbonyl (C=O) groups is 1. The molecule has 2 aliphatic rings. The predicted molar refractivity (Wildman–Crippen MR) is 150 cm³/mol. The van der Waals surface area contributed by atoms with Gasteiger partial charge in [0, 0.05) is 39.4 Å². The van der Waals surface area contributed by atoms with Crippen LogP contribution in [0.4, 0.5) is 26.3 Å². The van der Waals surface area contributed by atoms with E-state index in [2.05, 4.69) is 4.98 Å². The minimum absolute atomic E-state index is 0.00801. The first-order chi connectivity index (χ1) is 20.8. The number of fused-ring (bicyclic) bond motifs is 3. The smallest absolute Gasteiger partial charge is 0.417 e. The second kappa shape index (κ2) is 10.8. The van der Waals surface area contributed by atoms with Crippen molar-refractivity contribution < 1.29 is 40.6 Å². The largest absolute Gasteiger partial charge is 0.473 e. The molecule has 2 aliphatic carbocycles. The lowest BCUT2D eigenvalue weighted by atomic mass is 9.94. The lowest BCUT2D eigenvalue weighted by Gasteiger charge is -2.17. The van der Waals surface area contributed by atoms with Gasteiger partial charge in [-0.2, -0.15) is 13.2 Å². The Morgan fingerprint density at radius 3 is 2.39 bits per heavy atom. The van der Waals surface area contributed by atoms with E-state index in [1.165, 1.54) is 18.2 Å². The van der Waals surface area contributed by atoms with Crippen molar-refractivity contribution in [3.63, 3.8) is 0 Å². The molecule has 3 aromatic carbocycles. The molecule has 0 bridgehead atoms. The van der Waals surface area contributed by atoms with E-state index in [9.17, 15) is 26.7 Å². The molecule has 4 aromatic rings. The number of ether oxygens (including phenoxy) is 2. The summed E-state index contributed by atoms with van der Waals surface area (Å²) in [5, 5.41) is 0.128. The average molecular weight is 632 g/mol. The fourth-order valence-corrected chi connectivity index (χ4v) is 6.51. The van der Waals surface area contributed by atoms with Crippen LogP contribution in [0.5, 0.6) is 5.88 Å². The lowest BCUT2D eigenvalue weighted by Crippen LogP contribution is -2.16. The Hall–Kier alpha value is -4.05. The highest BCUT2D eigenvalue weighted by molar-refractivity contribution is 6.30. The maximum Gasteiger partial charge on any atom is 0.417 e. The maximum atomic E-state index is 15.3. The molecule has 0 N–H and O–H groups in total. The van der Waals surface area contributed by atoms with Crippen LogP contribution in [0.1, 0.15) is 36.1 Å². The molecule has 6 rings (SSSR count). The summed E-state index contributed by atoms with van der Waals surface area (Å²) in [7, 11) is 0. The molecule has 44 heavy (non-hydrogen) atoms. The monoisotopic (exact) mass is 631 g/mol. The molecular weight excluding hydrogens is 608 g/mol. The number of halogens is 7. The number of alkyl halides is 3. The van der Waals surface area contributed by atoms with E-state index in [1.54, 1.807) is 19.2 Å². The van der Waals surface area contributed by atoms with E-state index in [1.807, 2.05) is 6.92 Å². The Morgan fingerprint density at radius 2 is 1.70 bits per heavy atom. The van der Waals surface area contributed by atoms with Crippen LogP contribution in [0.3, 0.4) is 0 Å². The predicted octanol–water partition coefficient (Wildman–Crippen LogP) is 8.71. The summed E-state index contributed by atoms with van der Waals surface area (Å²) in [6.45, 7) is 3.53. The first-order valence-electron chi connectivity index (χ1n) is 13.8. The highest BCUT2D eigenvalue weighted by Crippen LogP contribution is 2.66. The van der Waals surface area contributed by atoms with Crippen LogP contribution in [0.15, 0.2) is 60.8 Å². The lowest BCUT2D eigenvalue weighted by molar-refractivity contribution is -0.145. The van der Waals surface area contributed by atoms with Gasteiger partial charge in [-0.05, 0) is 77.9 Å². The molecule has 11 heteroatoms. The highest BCUT2D eigenvalue weighted by atomic mass is 35.5. The van der Waals surface area contributed by atoms with Gasteiger partial charge in [0.1, 0.15) is 24.1 Å². The zero-order valence-corrected chi connectivity index (χ0v) is 24.1. The van der Waals surface area contributed by atoms with Gasteiger partial charge < -0.3 is 9.47 Å². The van der Waals surface area contributed by atoms with Crippen LogP contribution >= 0.6 is 11.6 Å². The van der Waals surface area contributed by atoms with Crippen LogP contribution in [0.2, 0.25) is 5.02 Å². The first-order valence-corrected chi connectivity index (χ1v) is 14.1. The molecule has 0 saturated heterocycles. The number of hydrogen-bond acceptors (Lipinski definition) is 4. The molecule has 0 spiro atoms. The molecule has 4 nitrogen and oxygen atoms in total. The van der Waals surface area contributed by atoms with E-state index in [4.69, 9.17) is 21.1 Å². The first kappa shape index (κ1) is 30.0. The van der Waals surface area contributed by atoms with Gasteiger partial charge in [-0.3, -0.25) is 4.79 Å². The molecular formula is C33H24ClF6NO3. The van der Waals surface area contributed by atoms with Gasteiger partial charge in [-0.25, -0.2) is 18.2 Å². The normalized spacial score (nSPS) is 20.2. The molecule has 1 fully saturated rings. The van der Waals surface area contributed by atoms with Crippen molar-refractivity contribution in [2.24, 2.45) is 11.8 Å². The number of nitrogens with zero attached hydrogens (tertiary/aromatic N) is 1. The Bertz CT molecular complexity index is 1810. The second-order valence-corrected chi connectivity index (χ2v) is 11.5. The van der Waals surface area contributed by atoms with E-state index in [0.717, 1.165) is 35.4 Å². The summed E-state index contributed by atoms with van der Waals surface area (Å²) in [6, 6.07) is 9.91. The van der Waals surface area contributed by atoms with Gasteiger partial charge >= 0.3 is 12.1 Å². The van der Waals surface area contributed by atoms with Gasteiger partial charge in [0.15, 0.2) is 0 Å². The Balaban J connectivity index is 1.27. The topological polar surface area (TPSA) is 48.4 Å². The maximum absolute atomic E-state index is 15.3. The van der Waals surface area contributed by atoms with Crippen LogP contribution < -0.4 is 4.74 Å². The summed E-state index contributed by atoms with van der Waals surface area (Å²) in [4.78, 5) is 16.6. The van der Waals surface area contributed by atoms with E-state index < -0.39 is 46.9 Å². The van der Waals surface area contributed by atoms with E-state index in [0.29, 0.717) is 19.1 Å². The number of hydrogen-bond donors (Lipinski definition) is 0. The SMILES string of the molecule is CCOC(=O)C1C2Cc3cc(OCc4cc(-c5ccc(-c6ccc(Cl)cc6F)cc5F)c(C(F)(F)F)cc4F)ncc3C21C. The summed E-state index contributed by atoms with van der Waals surface area (Å²) < 4.78 is 97.4. The molecule has 0 amide bonds. The molecule has 3 unspecified atom stereocenters. The summed E-state index contributed by atoms with van der Waals surface area (Å²) in [5.74, 6) is -3.27. The van der Waals surface area contributed by atoms with E-state index in [-0.39, 0.29) is 50.8 Å². The average Bonchev–Trinajstić information content (AvgIpc) is 3.44. The van der Waals surface area contributed by atoms with Crippen molar-refractivity contribution in [3.05, 3.63) is 106 Å². The van der Waals surface area contributed by atoms with Crippen molar-refractivity contribution in [1.29, 1.82) is 0 Å². The molecule has 0 radical (unpaired) electrons. The summed E-state index contributed by atoms with van der Waals surface area (Å²) >= 11 is 5.78. The van der Waals surface area contributed by atoms with Gasteiger partial charge in [0.2, 0.25) is 5.88 Å². The van der Waals surface area contributed by atoms with Crippen LogP contribution in [-0.2, 0) is 34.2 Å². The minimum atomic E-state index is -5.00. The molecule has 3 atom stereocenters. The molecule has 0 aliphatic heterocycles. The Labute approximate surface area is 253 Å². The molecule has 1 saturated carbocycles. The molecule has 1 heterocycles. The van der Waals surface area contributed by atoms with Crippen LogP contribution in [-0.4, -0.2) is 17.6 Å². The van der Waals surface area contributed by atoms with Crippen LogP contribution in [0, 0.1) is 29.3 Å². The third kappa shape index (κ3) is 5.08. The van der Waals surface area contributed by atoms with E-state index >= 15 is 4.39 Å². The van der Waals surface area contributed by atoms with Crippen molar-refractivity contribution in [3.8, 4) is 28.1 Å². The number of rotatable bonds is 7. The van der Waals surface area contributed by atoms with Crippen molar-refractivity contribution in [1.82, 2.24) is 4.98 Å².